The summed E-state index contributed by atoms with van der Waals surface area (Å²) in [6.07, 6.45) is 6.72. The summed E-state index contributed by atoms with van der Waals surface area (Å²) in [5.41, 5.74) is 2.62. The first-order valence-corrected chi connectivity index (χ1v) is 11.3. The number of hydrogen-bond acceptors (Lipinski definition) is 3. The second-order valence-electron chi connectivity index (χ2n) is 8.11. The zero-order valence-corrected chi connectivity index (χ0v) is 18.0. The number of benzene rings is 1. The Morgan fingerprint density at radius 1 is 1.00 bits per heavy atom. The van der Waals surface area contributed by atoms with Crippen molar-refractivity contribution >= 4 is 11.9 Å². The lowest BCUT2D eigenvalue weighted by atomic mass is 10.1. The van der Waals surface area contributed by atoms with E-state index < -0.39 is 0 Å². The molecule has 2 heterocycles. The van der Waals surface area contributed by atoms with Crippen LogP contribution in [-0.2, 0) is 17.9 Å². The van der Waals surface area contributed by atoms with Gasteiger partial charge in [0.15, 0.2) is 5.96 Å². The smallest absolute Gasteiger partial charge is 0.222 e. The predicted molar refractivity (Wildman–Crippen MR) is 119 cm³/mol. The van der Waals surface area contributed by atoms with Gasteiger partial charge >= 0.3 is 0 Å². The summed E-state index contributed by atoms with van der Waals surface area (Å²) in [6, 6.07) is 8.89. The van der Waals surface area contributed by atoms with Gasteiger partial charge in [0.1, 0.15) is 0 Å². The molecule has 2 N–H and O–H groups in total. The molecule has 1 amide bonds. The van der Waals surface area contributed by atoms with Crippen molar-refractivity contribution in [1.82, 2.24) is 20.4 Å². The van der Waals surface area contributed by atoms with Crippen LogP contribution in [0.3, 0.4) is 0 Å². The van der Waals surface area contributed by atoms with Gasteiger partial charge in [-0.15, -0.1) is 0 Å². The quantitative estimate of drug-likeness (QED) is 0.381. The van der Waals surface area contributed by atoms with E-state index in [9.17, 15) is 4.79 Å². The van der Waals surface area contributed by atoms with Crippen LogP contribution in [0.2, 0.25) is 0 Å². The molecule has 2 aliphatic rings. The van der Waals surface area contributed by atoms with Crippen LogP contribution >= 0.6 is 0 Å². The number of carbonyl (C=O) groups is 1. The maximum Gasteiger partial charge on any atom is 0.222 e. The predicted octanol–water partition coefficient (Wildman–Crippen LogP) is 2.74. The monoisotopic (exact) mass is 399 g/mol. The van der Waals surface area contributed by atoms with E-state index in [1.165, 1.54) is 43.5 Å². The number of nitrogens with zero attached hydrogens (tertiary/aromatic N) is 3. The molecule has 6 nitrogen and oxygen atoms in total. The fraction of sp³-hybridized carbons (Fsp3) is 0.652. The number of aliphatic imine (C=N–C) groups is 1. The van der Waals surface area contributed by atoms with Gasteiger partial charge in [0.25, 0.3) is 0 Å². The minimum absolute atomic E-state index is 0.300. The van der Waals surface area contributed by atoms with Crippen LogP contribution in [-0.4, -0.2) is 60.9 Å². The molecule has 0 aliphatic carbocycles. The molecule has 2 fully saturated rings. The molecule has 0 spiro atoms. The summed E-state index contributed by atoms with van der Waals surface area (Å²) in [7, 11) is 0. The van der Waals surface area contributed by atoms with E-state index in [0.717, 1.165) is 51.5 Å². The van der Waals surface area contributed by atoms with Gasteiger partial charge in [-0.05, 0) is 56.8 Å². The first-order valence-electron chi connectivity index (χ1n) is 11.3. The first kappa shape index (κ1) is 21.6. The van der Waals surface area contributed by atoms with Gasteiger partial charge in [-0.1, -0.05) is 30.7 Å². The number of carbonyl (C=O) groups excluding carboxylic acids is 1. The zero-order chi connectivity index (χ0) is 20.3. The summed E-state index contributed by atoms with van der Waals surface area (Å²) >= 11 is 0. The number of rotatable bonds is 9. The van der Waals surface area contributed by atoms with Gasteiger partial charge in [0.2, 0.25) is 5.91 Å². The van der Waals surface area contributed by atoms with Gasteiger partial charge in [0.05, 0.1) is 6.54 Å². The van der Waals surface area contributed by atoms with Crippen molar-refractivity contribution in [3.8, 4) is 0 Å². The minimum atomic E-state index is 0.300. The van der Waals surface area contributed by atoms with Crippen molar-refractivity contribution in [2.45, 2.75) is 58.5 Å². The molecule has 2 saturated heterocycles. The molecule has 2 aliphatic heterocycles. The summed E-state index contributed by atoms with van der Waals surface area (Å²) in [5, 5.41) is 6.70. The number of hydrogen-bond donors (Lipinski definition) is 2. The molecule has 1 aromatic carbocycles. The van der Waals surface area contributed by atoms with Crippen molar-refractivity contribution in [3.05, 3.63) is 35.4 Å². The Hall–Kier alpha value is -2.08. The van der Waals surface area contributed by atoms with Crippen molar-refractivity contribution < 1.29 is 4.79 Å². The van der Waals surface area contributed by atoms with E-state index in [1.54, 1.807) is 0 Å². The maximum atomic E-state index is 11.7. The Bertz CT molecular complexity index is 652. The Morgan fingerprint density at radius 3 is 2.45 bits per heavy atom. The van der Waals surface area contributed by atoms with Gasteiger partial charge in [-0.2, -0.15) is 0 Å². The average Bonchev–Trinajstić information content (AvgIpc) is 3.16. The van der Waals surface area contributed by atoms with Gasteiger partial charge in [-0.3, -0.25) is 9.69 Å². The minimum Gasteiger partial charge on any atom is -0.357 e. The number of nitrogens with one attached hydrogen (secondary N) is 2. The molecule has 1 aromatic rings. The molecule has 0 radical (unpaired) electrons. The third kappa shape index (κ3) is 7.35. The van der Waals surface area contributed by atoms with E-state index in [-0.39, 0.29) is 0 Å². The number of amides is 1. The molecule has 0 saturated carbocycles. The van der Waals surface area contributed by atoms with Crippen molar-refractivity contribution in [3.63, 3.8) is 0 Å². The Kier molecular flexibility index (Phi) is 8.81. The largest absolute Gasteiger partial charge is 0.357 e. The summed E-state index contributed by atoms with van der Waals surface area (Å²) in [6.45, 7) is 9.69. The van der Waals surface area contributed by atoms with Crippen LogP contribution in [0, 0.1) is 0 Å². The lowest BCUT2D eigenvalue weighted by molar-refractivity contribution is -0.127. The number of guanidine groups is 1. The summed E-state index contributed by atoms with van der Waals surface area (Å²) in [4.78, 5) is 20.9. The average molecular weight is 400 g/mol. The van der Waals surface area contributed by atoms with E-state index in [4.69, 9.17) is 4.99 Å². The second kappa shape index (κ2) is 11.8. The van der Waals surface area contributed by atoms with E-state index in [1.807, 2.05) is 4.90 Å². The first-order chi connectivity index (χ1) is 14.2. The highest BCUT2D eigenvalue weighted by molar-refractivity contribution is 5.79. The third-order valence-corrected chi connectivity index (χ3v) is 5.71. The van der Waals surface area contributed by atoms with Crippen molar-refractivity contribution in [2.24, 2.45) is 4.99 Å². The highest BCUT2D eigenvalue weighted by atomic mass is 16.2. The normalized spacial score (nSPS) is 18.3. The van der Waals surface area contributed by atoms with Crippen LogP contribution in [0.5, 0.6) is 0 Å². The second-order valence-corrected chi connectivity index (χ2v) is 8.11. The lowest BCUT2D eigenvalue weighted by Crippen LogP contribution is -2.39. The molecule has 29 heavy (non-hydrogen) atoms. The van der Waals surface area contributed by atoms with Gasteiger partial charge in [-0.25, -0.2) is 4.99 Å². The molecule has 3 rings (SSSR count). The van der Waals surface area contributed by atoms with E-state index >= 15 is 0 Å². The van der Waals surface area contributed by atoms with E-state index in [0.29, 0.717) is 18.9 Å². The third-order valence-electron chi connectivity index (χ3n) is 5.71. The lowest BCUT2D eigenvalue weighted by Gasteiger charge is -2.26. The van der Waals surface area contributed by atoms with Gasteiger partial charge in [0, 0.05) is 39.1 Å². The molecule has 0 aromatic heterocycles. The maximum absolute atomic E-state index is 11.7. The van der Waals surface area contributed by atoms with Crippen LogP contribution in [0.25, 0.3) is 0 Å². The summed E-state index contributed by atoms with van der Waals surface area (Å²) < 4.78 is 0. The molecular weight excluding hydrogens is 362 g/mol. The molecule has 160 valence electrons. The molecule has 0 bridgehead atoms. The van der Waals surface area contributed by atoms with Crippen LogP contribution in [0.15, 0.2) is 29.3 Å². The van der Waals surface area contributed by atoms with Gasteiger partial charge < -0.3 is 15.5 Å². The SMILES string of the molecule is CCNC(=NCc1ccc(CN2CCCCC2)cc1)NCCCN1CCCC1=O. The number of likely N-dealkylation sites (tertiary alicyclic amines) is 2. The molecular formula is C23H37N5O. The Labute approximate surface area is 175 Å². The summed E-state index contributed by atoms with van der Waals surface area (Å²) in [5.74, 6) is 1.15. The zero-order valence-electron chi connectivity index (χ0n) is 18.0. The molecule has 6 heteroatoms. The fourth-order valence-electron chi connectivity index (χ4n) is 4.06. The van der Waals surface area contributed by atoms with Crippen molar-refractivity contribution in [2.75, 3.05) is 39.3 Å². The Morgan fingerprint density at radius 2 is 1.76 bits per heavy atom. The standard InChI is InChI=1S/C23H37N5O/c1-2-24-23(25-13-7-17-28-16-6-8-22(28)29)26-18-20-9-11-21(12-10-20)19-27-14-4-3-5-15-27/h9-12H,2-8,13-19H2,1H3,(H2,24,25,26). The highest BCUT2D eigenvalue weighted by Gasteiger charge is 2.18. The Balaban J connectivity index is 1.41. The molecule has 0 atom stereocenters. The number of piperidine rings is 1. The van der Waals surface area contributed by atoms with Crippen LogP contribution in [0.4, 0.5) is 0 Å². The topological polar surface area (TPSA) is 60.0 Å². The molecule has 0 unspecified atom stereocenters. The van der Waals surface area contributed by atoms with Crippen LogP contribution < -0.4 is 10.6 Å². The fourth-order valence-corrected chi connectivity index (χ4v) is 4.06. The van der Waals surface area contributed by atoms with Crippen LogP contribution in [0.1, 0.15) is 56.6 Å². The van der Waals surface area contributed by atoms with Crippen molar-refractivity contribution in [1.29, 1.82) is 0 Å². The van der Waals surface area contributed by atoms with E-state index in [2.05, 4.69) is 46.7 Å². The highest BCUT2D eigenvalue weighted by Crippen LogP contribution is 2.14.